The van der Waals surface area contributed by atoms with E-state index in [1.54, 1.807) is 0 Å². The van der Waals surface area contributed by atoms with Gasteiger partial charge in [0.1, 0.15) is 0 Å². The Hall–Kier alpha value is -6.98. The number of benzene rings is 2. The number of furan rings is 1. The van der Waals surface area contributed by atoms with E-state index in [2.05, 4.69) is 26.6 Å². The average molecular weight is 1310 g/mol. The zero-order chi connectivity index (χ0) is 66.2. The van der Waals surface area contributed by atoms with Crippen molar-refractivity contribution in [3.8, 4) is 0 Å². The molecule has 0 saturated heterocycles. The molecule has 23 nitrogen and oxygen atoms in total. The van der Waals surface area contributed by atoms with Crippen molar-refractivity contribution in [2.45, 2.75) is 180 Å². The van der Waals surface area contributed by atoms with Crippen molar-refractivity contribution in [1.29, 1.82) is 0 Å². The number of carbonyl (C=O) groups is 12. The van der Waals surface area contributed by atoms with E-state index in [9.17, 15) is 57.5 Å². The van der Waals surface area contributed by atoms with Crippen LogP contribution in [0.4, 0.5) is 0 Å². The molecule has 0 saturated carbocycles. The normalized spacial score (nSPS) is 14.2. The number of rotatable bonds is 47. The molecule has 24 heteroatoms. The van der Waals surface area contributed by atoms with Crippen LogP contribution in [-0.4, -0.2) is 136 Å². The van der Waals surface area contributed by atoms with Crippen molar-refractivity contribution in [3.63, 3.8) is 0 Å². The minimum absolute atomic E-state index is 0.0942. The molecule has 8 atom stereocenters. The van der Waals surface area contributed by atoms with Crippen LogP contribution in [0.5, 0.6) is 0 Å². The van der Waals surface area contributed by atoms with Crippen LogP contribution in [0.3, 0.4) is 0 Å². The zero-order valence-electron chi connectivity index (χ0n) is 52.8. The van der Waals surface area contributed by atoms with Gasteiger partial charge in [-0.3, -0.25) is 28.8 Å². The molecule has 0 radical (unpaired) electrons. The predicted octanol–water partition coefficient (Wildman–Crippen LogP) is 2.85. The van der Waals surface area contributed by atoms with Crippen molar-refractivity contribution in [1.82, 2.24) is 26.6 Å². The molecule has 0 unspecified atom stereocenters. The van der Waals surface area contributed by atoms with Gasteiger partial charge >= 0.3 is 263 Å². The summed E-state index contributed by atoms with van der Waals surface area (Å²) in [5, 5.41) is 14.5. The molecular weight excluding hydrogens is 1210 g/mol. The summed E-state index contributed by atoms with van der Waals surface area (Å²) in [5.41, 5.74) is 30.0. The number of hydrogen-bond donors (Lipinski definition) is 10. The summed E-state index contributed by atoms with van der Waals surface area (Å²) < 4.78 is 6.63. The fraction of sp³-hybridized carbons (Fsp3) is 0.600. The van der Waals surface area contributed by atoms with Gasteiger partial charge in [0.15, 0.2) is 5.78 Å². The topological polar surface area (TPSA) is 408 Å². The second kappa shape index (κ2) is 40.6. The first-order chi connectivity index (χ1) is 42.2. The molecule has 15 N–H and O–H groups in total. The number of nitrogens with one attached hydrogen (secondary N) is 5. The Morgan fingerprint density at radius 3 is 1.65 bits per heavy atom. The molecule has 3 aromatic rings. The summed E-state index contributed by atoms with van der Waals surface area (Å²) in [7, 11) is 0. The third kappa shape index (κ3) is 29.9. The molecule has 3 rings (SSSR count). The Morgan fingerprint density at radius 2 is 1.06 bits per heavy atom. The van der Waals surface area contributed by atoms with E-state index in [4.69, 9.17) is 33.1 Å². The molecule has 0 aliphatic carbocycles. The second-order valence-electron chi connectivity index (χ2n) is 24.5. The predicted molar refractivity (Wildman–Crippen MR) is 340 cm³/mol. The fourth-order valence-corrected chi connectivity index (χ4v) is 12.4. The van der Waals surface area contributed by atoms with E-state index >= 15 is 0 Å². The Labute approximate surface area is 529 Å². The van der Waals surface area contributed by atoms with Gasteiger partial charge in [-0.2, -0.15) is 0 Å². The van der Waals surface area contributed by atoms with Crippen LogP contribution in [0.25, 0.3) is 11.0 Å². The molecular formula is C65H98N10O13Se. The van der Waals surface area contributed by atoms with Gasteiger partial charge in [-0.15, -0.1) is 0 Å². The fourth-order valence-electron chi connectivity index (χ4n) is 10.3. The molecule has 89 heavy (non-hydrogen) atoms. The first kappa shape index (κ1) is 76.3. The Morgan fingerprint density at radius 1 is 0.517 bits per heavy atom. The number of amides is 7. The molecule has 0 bridgehead atoms. The third-order valence-corrected chi connectivity index (χ3v) is 17.3. The van der Waals surface area contributed by atoms with Crippen LogP contribution in [-0.2, 0) is 64.0 Å². The summed E-state index contributed by atoms with van der Waals surface area (Å²) in [4.78, 5) is 162. The maximum atomic E-state index is 14.3. The molecule has 0 spiro atoms. The van der Waals surface area contributed by atoms with E-state index in [0.717, 1.165) is 10.9 Å². The van der Waals surface area contributed by atoms with Crippen LogP contribution in [0, 0.1) is 41.4 Å². The zero-order valence-corrected chi connectivity index (χ0v) is 54.5. The van der Waals surface area contributed by atoms with Crippen molar-refractivity contribution in [2.75, 3.05) is 26.2 Å². The van der Waals surface area contributed by atoms with E-state index in [-0.39, 0.29) is 93.7 Å². The summed E-state index contributed by atoms with van der Waals surface area (Å²) >= 11 is -0.466. The first-order valence-corrected chi connectivity index (χ1v) is 33.2. The molecule has 492 valence electrons. The van der Waals surface area contributed by atoms with Crippen LogP contribution in [0.2, 0.25) is 5.32 Å². The second-order valence-corrected chi connectivity index (χ2v) is 26.6. The van der Waals surface area contributed by atoms with Gasteiger partial charge < -0.3 is 34.0 Å². The standard InChI is InChI=1S/C65H98N10O13Se/c1-39(2)26-46(64(86)73-51(28-41(5)6)56(80)33-45(20-13-15-25-67)63(85)74-53(35-58(69)81)55(79)32-44(61(70)83)19-12-14-24-66)30-48(76)37-72-62(84)47(38-89-60-34-43-18-10-11-21-57(43)88-60)31-49(77)36-71-59(82)23-22-54(78)52(29-42-16-8-7-9-17-42)75-65(87)50(68)27-40(3)4/h7-11,16-18,21,34,39-41,44-47,50-53H,12-15,19-20,22-33,35-38,66-68H2,1-6H3,(H2,69,81)(H2,70,83)(H,71,82)(H,72,84)(H,73,86)(H,74,85)(H,75,87)/t44-,45-,46-,47+,50+,51+,52+,53+/m1/s1. The van der Waals surface area contributed by atoms with Crippen LogP contribution in [0.1, 0.15) is 150 Å². The SMILES string of the molecule is CC(C)C[C@H](CC(=O)CNC(=O)[C@H](C[Se]c1cc2ccccc2o1)CC(=O)CNC(=O)CCC(=O)[C@H](Cc1ccccc1)NC(=O)[C@@H](N)CC(C)C)C(=O)N[C@@H](CC(C)C)C(=O)C[C@@H](CCCCN)C(=O)N[C@@H](CC(N)=O)C(=O)C[C@@H](CCCCN)C(N)=O. The summed E-state index contributed by atoms with van der Waals surface area (Å²) in [6.45, 7) is 11.0. The monoisotopic (exact) mass is 1310 g/mol. The van der Waals surface area contributed by atoms with Crippen molar-refractivity contribution >= 4 is 101 Å². The van der Waals surface area contributed by atoms with E-state index in [1.165, 1.54) is 0 Å². The number of ketones is 5. The molecule has 1 heterocycles. The summed E-state index contributed by atoms with van der Waals surface area (Å²) in [5.74, 6) is -11.0. The number of primary amides is 2. The first-order valence-electron chi connectivity index (χ1n) is 31.1. The maximum absolute atomic E-state index is 14.3. The Bertz CT molecular complexity index is 2790. The van der Waals surface area contributed by atoms with Gasteiger partial charge in [-0.25, -0.2) is 0 Å². The van der Waals surface area contributed by atoms with E-state index in [1.807, 2.05) is 102 Å². The van der Waals surface area contributed by atoms with E-state index < -0.39 is 153 Å². The van der Waals surface area contributed by atoms with Gasteiger partial charge in [-0.1, -0.05) is 70.9 Å². The molecule has 0 fully saturated rings. The summed E-state index contributed by atoms with van der Waals surface area (Å²) in [6, 6.07) is 14.0. The van der Waals surface area contributed by atoms with E-state index in [0.29, 0.717) is 55.4 Å². The Kier molecular flexibility index (Phi) is 34.8. The molecule has 1 aromatic heterocycles. The van der Waals surface area contributed by atoms with Gasteiger partial charge in [-0.05, 0) is 62.6 Å². The van der Waals surface area contributed by atoms with Crippen LogP contribution < -0.4 is 59.9 Å². The average Bonchev–Trinajstić information content (AvgIpc) is 2.66. The molecule has 0 aliphatic heterocycles. The smallest absolute Gasteiger partial charge is 0.370 e. The van der Waals surface area contributed by atoms with Gasteiger partial charge in [0.2, 0.25) is 23.6 Å². The minimum Gasteiger partial charge on any atom is -0.370 e. The number of Topliss-reactive ketones (excluding diaryl/α,β-unsaturated/α-hetero) is 5. The van der Waals surface area contributed by atoms with Crippen molar-refractivity contribution in [2.24, 2.45) is 70.1 Å². The minimum atomic E-state index is -1.41. The quantitative estimate of drug-likeness (QED) is 0.0287. The molecule has 2 aromatic carbocycles. The molecule has 0 aliphatic rings. The number of nitrogens with two attached hydrogens (primary N) is 5. The molecule has 7 amide bonds. The third-order valence-electron chi connectivity index (χ3n) is 15.1. The van der Waals surface area contributed by atoms with Crippen LogP contribution in [0.15, 0.2) is 65.1 Å². The number of carbonyl (C=O) groups excluding carboxylic acids is 12. The van der Waals surface area contributed by atoms with Crippen LogP contribution >= 0.6 is 0 Å². The number of unbranched alkanes of at least 4 members (excludes halogenated alkanes) is 2. The van der Waals surface area contributed by atoms with Gasteiger partial charge in [0.25, 0.3) is 0 Å². The number of hydrogen-bond acceptors (Lipinski definition) is 16. The Balaban J connectivity index is 1.74. The van der Waals surface area contributed by atoms with Gasteiger partial charge in [0, 0.05) is 24.7 Å². The van der Waals surface area contributed by atoms with Gasteiger partial charge in [0.05, 0.1) is 18.5 Å². The van der Waals surface area contributed by atoms with Crippen molar-refractivity contribution in [3.05, 3.63) is 66.2 Å². The summed E-state index contributed by atoms with van der Waals surface area (Å²) in [6.07, 6.45) is 1.04. The number of para-hydroxylation sites is 1. The van der Waals surface area contributed by atoms with Crippen molar-refractivity contribution < 1.29 is 62.0 Å². The number of fused-ring (bicyclic) bond motifs is 1.